The third-order valence-electron chi connectivity index (χ3n) is 5.56. The fourth-order valence-corrected chi connectivity index (χ4v) is 5.98. The predicted molar refractivity (Wildman–Crippen MR) is 69.9 cm³/mol. The Kier molecular flexibility index (Phi) is 2.43. The van der Waals surface area contributed by atoms with E-state index >= 15 is 0 Å². The van der Waals surface area contributed by atoms with Crippen molar-refractivity contribution >= 4 is 31.9 Å². The molecule has 4 aliphatic carbocycles. The molecule has 4 rings (SSSR count). The van der Waals surface area contributed by atoms with Crippen molar-refractivity contribution in [2.24, 2.45) is 23.7 Å². The van der Waals surface area contributed by atoms with E-state index < -0.39 is 11.2 Å². The van der Waals surface area contributed by atoms with Crippen LogP contribution in [0.3, 0.4) is 0 Å². The highest BCUT2D eigenvalue weighted by atomic mass is 79.9. The second-order valence-electron chi connectivity index (χ2n) is 6.18. The van der Waals surface area contributed by atoms with Crippen LogP contribution in [0.5, 0.6) is 0 Å². The number of hydrogen-bond acceptors (Lipinski definition) is 2. The van der Waals surface area contributed by atoms with Gasteiger partial charge in [-0.1, -0.05) is 31.9 Å². The van der Waals surface area contributed by atoms with Gasteiger partial charge in [-0.3, -0.25) is 0 Å². The van der Waals surface area contributed by atoms with Crippen molar-refractivity contribution in [3.05, 3.63) is 0 Å². The van der Waals surface area contributed by atoms with Gasteiger partial charge in [0.15, 0.2) is 0 Å². The summed E-state index contributed by atoms with van der Waals surface area (Å²) in [5.41, 5.74) is -1.81. The zero-order chi connectivity index (χ0) is 11.9. The van der Waals surface area contributed by atoms with Gasteiger partial charge in [-0.05, 0) is 50.4 Å². The molecule has 0 radical (unpaired) electrons. The normalized spacial score (nSPS) is 68.6. The molecular formula is C12H18Br2O2. The van der Waals surface area contributed by atoms with Crippen molar-refractivity contribution < 1.29 is 10.2 Å². The van der Waals surface area contributed by atoms with Gasteiger partial charge in [0.1, 0.15) is 0 Å². The van der Waals surface area contributed by atoms with Crippen LogP contribution in [0.25, 0.3) is 0 Å². The minimum absolute atomic E-state index is 0.287. The lowest BCUT2D eigenvalue weighted by Gasteiger charge is -2.44. The number of halogens is 2. The highest BCUT2D eigenvalue weighted by molar-refractivity contribution is 9.12. The summed E-state index contributed by atoms with van der Waals surface area (Å²) in [6, 6.07) is 0. The third kappa shape index (κ3) is 1.15. The van der Waals surface area contributed by atoms with Gasteiger partial charge in [-0.25, -0.2) is 0 Å². The van der Waals surface area contributed by atoms with Crippen LogP contribution in [0, 0.1) is 23.7 Å². The molecule has 0 aromatic carbocycles. The highest BCUT2D eigenvalue weighted by Gasteiger charge is 2.76. The Morgan fingerprint density at radius 1 is 0.875 bits per heavy atom. The first kappa shape index (κ1) is 11.9. The zero-order valence-corrected chi connectivity index (χ0v) is 12.7. The Morgan fingerprint density at radius 2 is 1.19 bits per heavy atom. The van der Waals surface area contributed by atoms with E-state index in [0.717, 1.165) is 12.8 Å². The Labute approximate surface area is 113 Å². The maximum atomic E-state index is 10.6. The maximum Gasteiger partial charge on any atom is 0.0939 e. The Bertz CT molecular complexity index is 289. The van der Waals surface area contributed by atoms with Crippen molar-refractivity contribution in [1.29, 1.82) is 0 Å². The van der Waals surface area contributed by atoms with Gasteiger partial charge in [-0.15, -0.1) is 0 Å². The van der Waals surface area contributed by atoms with Crippen LogP contribution >= 0.6 is 31.9 Å². The highest BCUT2D eigenvalue weighted by Crippen LogP contribution is 2.71. The summed E-state index contributed by atoms with van der Waals surface area (Å²) in [4.78, 5) is 0.944. The van der Waals surface area contributed by atoms with E-state index in [4.69, 9.17) is 0 Å². The van der Waals surface area contributed by atoms with Crippen LogP contribution in [-0.4, -0.2) is 31.1 Å². The van der Waals surface area contributed by atoms with Crippen molar-refractivity contribution in [1.82, 2.24) is 0 Å². The topological polar surface area (TPSA) is 40.5 Å². The van der Waals surface area contributed by atoms with Crippen molar-refractivity contribution in [2.45, 2.75) is 47.5 Å². The first-order chi connectivity index (χ1) is 7.28. The third-order valence-corrected chi connectivity index (χ3v) is 8.29. The molecule has 0 heterocycles. The second kappa shape index (κ2) is 3.25. The summed E-state index contributed by atoms with van der Waals surface area (Å²) in [5, 5.41) is 21.1. The van der Waals surface area contributed by atoms with E-state index in [1.165, 1.54) is 0 Å². The minimum atomic E-state index is -0.906. The molecule has 6 atom stereocenters. The molecule has 4 heteroatoms. The molecule has 0 aromatic heterocycles. The number of rotatable bonds is 0. The standard InChI is InChI=1S/C12H18Br2O2/c1-11(15)9-5-3-7(13)8(14)4-6(9)10(5)12(11,2)16/h5-10,15-16H,3-4H2,1-2H3/t5?,6?,7-,8-,9?,10?,11-,12+/m1/s1. The summed E-state index contributed by atoms with van der Waals surface area (Å²) >= 11 is 7.44. The van der Waals surface area contributed by atoms with Crippen LogP contribution in [0.4, 0.5) is 0 Å². The summed E-state index contributed by atoms with van der Waals surface area (Å²) < 4.78 is 0. The fraction of sp³-hybridized carbons (Fsp3) is 1.00. The largest absolute Gasteiger partial charge is 0.387 e. The average molecular weight is 354 g/mol. The summed E-state index contributed by atoms with van der Waals surface area (Å²) in [5.74, 6) is 1.55. The summed E-state index contributed by atoms with van der Waals surface area (Å²) in [6.45, 7) is 3.64. The van der Waals surface area contributed by atoms with E-state index in [2.05, 4.69) is 31.9 Å². The van der Waals surface area contributed by atoms with E-state index in [0.29, 0.717) is 21.5 Å². The number of aliphatic hydroxyl groups is 2. The molecule has 0 spiro atoms. The molecule has 2 nitrogen and oxygen atoms in total. The number of alkyl halides is 2. The molecule has 4 fully saturated rings. The maximum absolute atomic E-state index is 10.6. The molecule has 4 aliphatic rings. The summed E-state index contributed by atoms with van der Waals surface area (Å²) in [7, 11) is 0. The first-order valence-corrected chi connectivity index (χ1v) is 7.84. The number of hydrogen-bond donors (Lipinski definition) is 2. The molecule has 0 saturated heterocycles. The molecule has 0 aliphatic heterocycles. The molecule has 4 bridgehead atoms. The number of fused-ring (bicyclic) bond motifs is 1. The Balaban J connectivity index is 1.99. The van der Waals surface area contributed by atoms with Crippen LogP contribution < -0.4 is 0 Å². The van der Waals surface area contributed by atoms with Crippen LogP contribution in [0.1, 0.15) is 26.7 Å². The van der Waals surface area contributed by atoms with Gasteiger partial charge in [0.2, 0.25) is 0 Å². The van der Waals surface area contributed by atoms with E-state index in [9.17, 15) is 10.2 Å². The molecule has 16 heavy (non-hydrogen) atoms. The fourth-order valence-electron chi connectivity index (χ4n) is 4.68. The van der Waals surface area contributed by atoms with Crippen LogP contribution in [-0.2, 0) is 0 Å². The predicted octanol–water partition coefficient (Wildman–Crippen LogP) is 2.30. The lowest BCUT2D eigenvalue weighted by atomic mass is 9.60. The summed E-state index contributed by atoms with van der Waals surface area (Å²) in [6.07, 6.45) is 2.13. The van der Waals surface area contributed by atoms with Crippen molar-refractivity contribution in [3.63, 3.8) is 0 Å². The van der Waals surface area contributed by atoms with Gasteiger partial charge in [-0.2, -0.15) is 0 Å². The lowest BCUT2D eigenvalue weighted by molar-refractivity contribution is -0.111. The average Bonchev–Trinajstić information content (AvgIpc) is 2.31. The SMILES string of the molecule is C[C@]1(O)C2C3C[C@@H](Br)[C@H](Br)CC2C3[C@@]1(C)O. The smallest absolute Gasteiger partial charge is 0.0939 e. The molecule has 4 saturated carbocycles. The minimum Gasteiger partial charge on any atom is -0.387 e. The van der Waals surface area contributed by atoms with Gasteiger partial charge < -0.3 is 10.2 Å². The Hall–Kier alpha value is 0.880. The van der Waals surface area contributed by atoms with E-state index in [-0.39, 0.29) is 11.8 Å². The monoisotopic (exact) mass is 352 g/mol. The molecule has 2 N–H and O–H groups in total. The van der Waals surface area contributed by atoms with E-state index in [1.54, 1.807) is 0 Å². The van der Waals surface area contributed by atoms with Crippen molar-refractivity contribution in [3.8, 4) is 0 Å². The van der Waals surface area contributed by atoms with Gasteiger partial charge >= 0.3 is 0 Å². The zero-order valence-electron chi connectivity index (χ0n) is 9.53. The molecule has 2 unspecified atom stereocenters. The quantitative estimate of drug-likeness (QED) is 0.656. The molecule has 0 amide bonds. The van der Waals surface area contributed by atoms with E-state index in [1.807, 2.05) is 13.8 Å². The van der Waals surface area contributed by atoms with Gasteiger partial charge in [0.25, 0.3) is 0 Å². The van der Waals surface area contributed by atoms with Crippen LogP contribution in [0.2, 0.25) is 0 Å². The molecule has 92 valence electrons. The second-order valence-corrected chi connectivity index (χ2v) is 8.53. The van der Waals surface area contributed by atoms with Gasteiger partial charge in [0, 0.05) is 9.65 Å². The molecule has 0 aromatic rings. The Morgan fingerprint density at radius 3 is 1.50 bits per heavy atom. The van der Waals surface area contributed by atoms with Crippen LogP contribution in [0.15, 0.2) is 0 Å². The lowest BCUT2D eigenvalue weighted by Crippen LogP contribution is -2.46. The van der Waals surface area contributed by atoms with Crippen molar-refractivity contribution in [2.75, 3.05) is 0 Å². The van der Waals surface area contributed by atoms with Gasteiger partial charge in [0.05, 0.1) is 11.2 Å². The first-order valence-electron chi connectivity index (χ1n) is 6.01. The molecular weight excluding hydrogens is 336 g/mol.